The molecule has 0 spiro atoms. The summed E-state index contributed by atoms with van der Waals surface area (Å²) in [5, 5.41) is 1.66. The van der Waals surface area contributed by atoms with E-state index in [1.807, 2.05) is 39.2 Å². The molecule has 0 bridgehead atoms. The van der Waals surface area contributed by atoms with Crippen molar-refractivity contribution >= 4 is 51.4 Å². The van der Waals surface area contributed by atoms with Gasteiger partial charge < -0.3 is 18.6 Å². The smallest absolute Gasteiger partial charge is 0.360 e. The molecule has 1 aromatic heterocycles. The van der Waals surface area contributed by atoms with Gasteiger partial charge in [-0.25, -0.2) is 4.79 Å². The van der Waals surface area contributed by atoms with Gasteiger partial charge in [-0.2, -0.15) is 0 Å². The second-order valence-corrected chi connectivity index (χ2v) is 9.28. The number of benzene rings is 2. The van der Waals surface area contributed by atoms with Crippen molar-refractivity contribution in [3.05, 3.63) is 63.8 Å². The number of hydrogen-bond acceptors (Lipinski definition) is 5. The molecule has 0 N–H and O–H groups in total. The van der Waals surface area contributed by atoms with E-state index in [1.165, 1.54) is 0 Å². The van der Waals surface area contributed by atoms with Gasteiger partial charge in [-0.05, 0) is 36.8 Å². The number of aromatic nitrogens is 1. The largest absolute Gasteiger partial charge is 0.593 e. The Morgan fingerprint density at radius 2 is 1.90 bits per heavy atom. The van der Waals surface area contributed by atoms with Gasteiger partial charge in [0.1, 0.15) is 0 Å². The van der Waals surface area contributed by atoms with Crippen molar-refractivity contribution in [2.45, 2.75) is 18.4 Å². The number of ether oxygens (including phenoxy) is 2. The quantitative estimate of drug-likeness (QED) is 0.383. The van der Waals surface area contributed by atoms with Crippen LogP contribution in [0.15, 0.2) is 47.4 Å². The molecule has 0 aliphatic carbocycles. The molecule has 1 fully saturated rings. The SMILES string of the molecule is CCOC(=O)c1c([S+]([O-])N2CCOCC2)c2ccccc2n1Cc1ccc(Cl)c(Cl)c1. The van der Waals surface area contributed by atoms with Crippen LogP contribution in [-0.2, 0) is 27.4 Å². The fourth-order valence-corrected chi connectivity index (χ4v) is 5.46. The van der Waals surface area contributed by atoms with E-state index in [0.29, 0.717) is 53.5 Å². The lowest BCUT2D eigenvalue weighted by molar-refractivity contribution is 0.0509. The van der Waals surface area contributed by atoms with Gasteiger partial charge in [0.05, 0.1) is 65.2 Å². The van der Waals surface area contributed by atoms with Crippen molar-refractivity contribution in [3.8, 4) is 0 Å². The van der Waals surface area contributed by atoms with Crippen molar-refractivity contribution < 1.29 is 18.8 Å². The summed E-state index contributed by atoms with van der Waals surface area (Å²) >= 11 is 10.7. The third kappa shape index (κ3) is 4.58. The minimum Gasteiger partial charge on any atom is -0.593 e. The van der Waals surface area contributed by atoms with Gasteiger partial charge >= 0.3 is 5.97 Å². The highest BCUT2D eigenvalue weighted by Gasteiger charge is 2.36. The minimum absolute atomic E-state index is 0.219. The molecule has 9 heteroatoms. The van der Waals surface area contributed by atoms with E-state index in [1.54, 1.807) is 19.1 Å². The molecule has 1 unspecified atom stereocenters. The summed E-state index contributed by atoms with van der Waals surface area (Å²) in [7, 11) is 0. The van der Waals surface area contributed by atoms with E-state index in [-0.39, 0.29) is 6.61 Å². The van der Waals surface area contributed by atoms with Crippen molar-refractivity contribution in [2.24, 2.45) is 0 Å². The number of halogens is 2. The predicted molar refractivity (Wildman–Crippen MR) is 122 cm³/mol. The lowest BCUT2D eigenvalue weighted by Crippen LogP contribution is -2.41. The Balaban J connectivity index is 1.88. The number of esters is 1. The summed E-state index contributed by atoms with van der Waals surface area (Å²) in [6, 6.07) is 12.9. The Morgan fingerprint density at radius 3 is 2.61 bits per heavy atom. The van der Waals surface area contributed by atoms with E-state index < -0.39 is 17.3 Å². The van der Waals surface area contributed by atoms with Crippen LogP contribution in [0.3, 0.4) is 0 Å². The Hall–Kier alpha value is -1.74. The summed E-state index contributed by atoms with van der Waals surface area (Å²) in [4.78, 5) is 13.6. The molecule has 1 atom stereocenters. The Morgan fingerprint density at radius 1 is 1.16 bits per heavy atom. The molecule has 164 valence electrons. The van der Waals surface area contributed by atoms with Gasteiger partial charge in [-0.1, -0.05) is 41.4 Å². The average Bonchev–Trinajstić information content (AvgIpc) is 3.11. The van der Waals surface area contributed by atoms with Crippen LogP contribution in [0.4, 0.5) is 0 Å². The third-order valence-electron chi connectivity index (χ3n) is 5.10. The molecule has 0 saturated carbocycles. The Kier molecular flexibility index (Phi) is 7.11. The van der Waals surface area contributed by atoms with Crippen LogP contribution in [0.2, 0.25) is 10.0 Å². The highest BCUT2D eigenvalue weighted by molar-refractivity contribution is 7.89. The van der Waals surface area contributed by atoms with Crippen LogP contribution in [-0.4, -0.2) is 52.3 Å². The first-order valence-electron chi connectivity index (χ1n) is 9.98. The summed E-state index contributed by atoms with van der Waals surface area (Å²) in [6.07, 6.45) is 0. The van der Waals surface area contributed by atoms with Crippen LogP contribution in [0.5, 0.6) is 0 Å². The fraction of sp³-hybridized carbons (Fsp3) is 0.318. The highest BCUT2D eigenvalue weighted by atomic mass is 35.5. The van der Waals surface area contributed by atoms with E-state index in [2.05, 4.69) is 0 Å². The van der Waals surface area contributed by atoms with E-state index in [4.69, 9.17) is 32.7 Å². The molecule has 0 amide bonds. The lowest BCUT2D eigenvalue weighted by Gasteiger charge is -2.27. The van der Waals surface area contributed by atoms with Crippen LogP contribution in [0, 0.1) is 0 Å². The molecule has 1 saturated heterocycles. The summed E-state index contributed by atoms with van der Waals surface area (Å²) in [6.45, 7) is 4.39. The molecule has 2 aromatic carbocycles. The monoisotopic (exact) mass is 480 g/mol. The van der Waals surface area contributed by atoms with E-state index in [0.717, 1.165) is 16.5 Å². The Labute approximate surface area is 193 Å². The van der Waals surface area contributed by atoms with Gasteiger partial charge in [0.25, 0.3) is 0 Å². The van der Waals surface area contributed by atoms with Crippen LogP contribution in [0.1, 0.15) is 23.0 Å². The van der Waals surface area contributed by atoms with Gasteiger partial charge in [-0.15, -0.1) is 4.31 Å². The average molecular weight is 481 g/mol. The zero-order valence-corrected chi connectivity index (χ0v) is 19.3. The number of para-hydroxylation sites is 1. The molecule has 0 radical (unpaired) electrons. The topological polar surface area (TPSA) is 66.8 Å². The zero-order valence-electron chi connectivity index (χ0n) is 17.0. The normalized spacial score (nSPS) is 15.9. The molecule has 4 rings (SSSR count). The first-order valence-corrected chi connectivity index (χ1v) is 11.8. The predicted octanol–water partition coefficient (Wildman–Crippen LogP) is 4.53. The molecule has 1 aliphatic rings. The number of carbonyl (C=O) groups excluding carboxylic acids is 1. The number of rotatable bonds is 6. The first-order chi connectivity index (χ1) is 15.0. The second-order valence-electron chi connectivity index (χ2n) is 7.04. The maximum Gasteiger partial charge on any atom is 0.360 e. The summed E-state index contributed by atoms with van der Waals surface area (Å²) < 4.78 is 28.1. The molecular formula is C22H22Cl2N2O4S. The zero-order chi connectivity index (χ0) is 22.0. The minimum atomic E-state index is -1.54. The van der Waals surface area contributed by atoms with E-state index in [9.17, 15) is 9.35 Å². The van der Waals surface area contributed by atoms with Crippen molar-refractivity contribution in [2.75, 3.05) is 32.9 Å². The highest BCUT2D eigenvalue weighted by Crippen LogP contribution is 2.34. The van der Waals surface area contributed by atoms with E-state index >= 15 is 0 Å². The number of carbonyl (C=O) groups is 1. The van der Waals surface area contributed by atoms with Gasteiger partial charge in [0.2, 0.25) is 4.90 Å². The molecular weight excluding hydrogens is 459 g/mol. The van der Waals surface area contributed by atoms with Crippen molar-refractivity contribution in [3.63, 3.8) is 0 Å². The summed E-state index contributed by atoms with van der Waals surface area (Å²) in [5.74, 6) is -0.504. The number of hydrogen-bond donors (Lipinski definition) is 0. The van der Waals surface area contributed by atoms with Crippen LogP contribution in [0.25, 0.3) is 10.9 Å². The molecule has 3 aromatic rings. The first kappa shape index (κ1) is 22.5. The number of fused-ring (bicyclic) bond motifs is 1. The third-order valence-corrected chi connectivity index (χ3v) is 7.43. The summed E-state index contributed by atoms with van der Waals surface area (Å²) in [5.41, 5.74) is 1.96. The van der Waals surface area contributed by atoms with Crippen LogP contribution >= 0.6 is 23.2 Å². The fourth-order valence-electron chi connectivity index (χ4n) is 3.68. The number of nitrogens with zero attached hydrogens (tertiary/aromatic N) is 2. The van der Waals surface area contributed by atoms with Crippen LogP contribution < -0.4 is 0 Å². The van der Waals surface area contributed by atoms with Gasteiger partial charge in [0.15, 0.2) is 5.69 Å². The number of morpholine rings is 1. The van der Waals surface area contributed by atoms with Gasteiger partial charge in [-0.3, -0.25) is 0 Å². The van der Waals surface area contributed by atoms with Gasteiger partial charge in [0, 0.05) is 6.54 Å². The maximum absolute atomic E-state index is 13.6. The maximum atomic E-state index is 13.6. The molecule has 31 heavy (non-hydrogen) atoms. The standard InChI is InChI=1S/C22H22Cl2N2O4S/c1-2-30-22(27)20-21(31(28)25-9-11-29-12-10-25)16-5-3-4-6-19(16)26(20)14-15-7-8-17(23)18(24)13-15/h3-8,13H,2,9-12,14H2,1H3. The molecule has 6 nitrogen and oxygen atoms in total. The Bertz CT molecular complexity index is 1100. The van der Waals surface area contributed by atoms with Crippen molar-refractivity contribution in [1.82, 2.24) is 8.87 Å². The van der Waals surface area contributed by atoms with Crippen molar-refractivity contribution in [1.29, 1.82) is 0 Å². The second kappa shape index (κ2) is 9.81. The molecule has 2 heterocycles. The molecule has 1 aliphatic heterocycles. The lowest BCUT2D eigenvalue weighted by atomic mass is 10.2.